The molecule has 106 heavy (non-hydrogen) atoms. The second-order valence-electron chi connectivity index (χ2n) is 26.2. The van der Waals surface area contributed by atoms with Crippen molar-refractivity contribution in [1.29, 1.82) is 0 Å². The van der Waals surface area contributed by atoms with Gasteiger partial charge in [-0.05, 0) is 119 Å². The van der Waals surface area contributed by atoms with E-state index < -0.39 is 175 Å². The molecule has 6 rings (SSSR count). The third kappa shape index (κ3) is 27.0. The molecule has 1 saturated heterocycles. The highest BCUT2D eigenvalue weighted by Gasteiger charge is 2.39. The number of hydrogen-bond donors (Lipinski definition) is 20. The quantitative estimate of drug-likeness (QED) is 0.0316. The number of carbonyl (C=O) groups excluding carboxylic acids is 12. The first kappa shape index (κ1) is 84.1. The van der Waals surface area contributed by atoms with E-state index in [-0.39, 0.29) is 89.5 Å². The minimum atomic E-state index is -1.96. The molecule has 5 aromatic rings. The standard InChI is InChI=1S/C73H99N15O18/c1-41(90)61-71(103)85-55(36-45-28-30-47(92)31-29-45)69(101)88-62(42(2)91)72(104)86-58(40-89)70(102)80-52(73(105)106)26-10-5-11-27-60(94)78-50(24-14-16-32-74)63(95)84-57(38-59(76)93)68(100)82-53(34-43-18-6-3-7-19-43)65(97)81-54(35-44-20-8-4-9-21-44)66(98)83-56(37-46-39-77-49-23-13-12-22-48(46)49)67(99)79-51(64(96)87-61)25-15-17-33-75/h3-4,6-9,12-13,18-23,28-31,39,41-42,50-58,61-62,77,89-92H,5,10-11,14-17,24-27,32-38,40,74-75H2,1-2H3,(H2,76,93)(H,78,94)(H,79,99)(H,80,102)(H,81,97)(H,82,100)(H,83,98)(H,84,95)(H,85,103)(H,86,104)(H,87,96)(H,88,101)(H,105,106)/t41-,42-,50+,51+,52?,53+,54+,55+,56+,57+,58+,61+,62+/m1/s1. The molecule has 0 saturated carbocycles. The van der Waals surface area contributed by atoms with Crippen molar-refractivity contribution >= 4 is 87.8 Å². The van der Waals surface area contributed by atoms with Gasteiger partial charge in [-0.25, -0.2) is 4.79 Å². The minimum Gasteiger partial charge on any atom is -0.508 e. The zero-order valence-corrected chi connectivity index (χ0v) is 59.2. The van der Waals surface area contributed by atoms with Crippen molar-refractivity contribution in [2.75, 3.05) is 19.7 Å². The number of amides is 12. The molecule has 13 atom stereocenters. The first-order chi connectivity index (χ1) is 50.7. The molecule has 2 heterocycles. The number of carbonyl (C=O) groups is 13. The fraction of sp³-hybridized carbons (Fsp3) is 0.466. The van der Waals surface area contributed by atoms with E-state index in [4.69, 9.17) is 17.2 Å². The molecule has 4 aromatic carbocycles. The summed E-state index contributed by atoms with van der Waals surface area (Å²) in [6.45, 7) is 1.45. The average molecular weight is 1470 g/mol. The third-order valence-electron chi connectivity index (χ3n) is 17.7. The first-order valence-electron chi connectivity index (χ1n) is 35.3. The number of unbranched alkanes of at least 4 members (excludes halogenated alkanes) is 2. The van der Waals surface area contributed by atoms with Gasteiger partial charge < -0.3 is 106 Å². The number of phenols is 1. The number of nitrogens with two attached hydrogens (primary N) is 3. The molecule has 0 spiro atoms. The third-order valence-corrected chi connectivity index (χ3v) is 17.7. The molecule has 1 aromatic heterocycles. The van der Waals surface area contributed by atoms with Crippen LogP contribution in [-0.4, -0.2) is 206 Å². The number of benzene rings is 4. The lowest BCUT2D eigenvalue weighted by Crippen LogP contribution is -2.63. The Kier molecular flexibility index (Phi) is 33.9. The number of aliphatic carboxylic acids is 1. The molecule has 574 valence electrons. The Balaban J connectivity index is 1.43. The normalized spacial score (nSPS) is 23.9. The van der Waals surface area contributed by atoms with Crippen molar-refractivity contribution in [2.45, 2.75) is 195 Å². The lowest BCUT2D eigenvalue weighted by Gasteiger charge is -2.29. The van der Waals surface area contributed by atoms with E-state index in [9.17, 15) is 73.5 Å². The van der Waals surface area contributed by atoms with Crippen LogP contribution in [0.4, 0.5) is 0 Å². The van der Waals surface area contributed by atoms with E-state index in [0.717, 1.165) is 13.8 Å². The van der Waals surface area contributed by atoms with Crippen LogP contribution in [0.5, 0.6) is 5.75 Å². The number of aromatic amines is 1. The number of H-pyrrole nitrogens is 1. The summed E-state index contributed by atoms with van der Waals surface area (Å²) in [5.74, 6) is -14.1. The van der Waals surface area contributed by atoms with Crippen molar-refractivity contribution in [2.24, 2.45) is 17.2 Å². The van der Waals surface area contributed by atoms with Crippen LogP contribution in [-0.2, 0) is 88.0 Å². The molecular formula is C73H99N15O18. The number of primary amides is 1. The van der Waals surface area contributed by atoms with Gasteiger partial charge in [0, 0.05) is 49.2 Å². The van der Waals surface area contributed by atoms with Gasteiger partial charge >= 0.3 is 5.97 Å². The average Bonchev–Trinajstić information content (AvgIpc) is 1.30. The number of phenolic OH excluding ortho intramolecular Hbond substituents is 1. The number of hydrogen-bond acceptors (Lipinski definition) is 19. The van der Waals surface area contributed by atoms with E-state index in [1.54, 1.807) is 91.1 Å². The van der Waals surface area contributed by atoms with Gasteiger partial charge in [-0.2, -0.15) is 0 Å². The van der Waals surface area contributed by atoms with Gasteiger partial charge in [-0.15, -0.1) is 0 Å². The Labute approximate surface area is 612 Å². The van der Waals surface area contributed by atoms with Gasteiger partial charge in [0.25, 0.3) is 0 Å². The van der Waals surface area contributed by atoms with E-state index in [2.05, 4.69) is 63.5 Å². The van der Waals surface area contributed by atoms with Crippen LogP contribution in [0.2, 0.25) is 0 Å². The van der Waals surface area contributed by atoms with Crippen LogP contribution >= 0.6 is 0 Å². The van der Waals surface area contributed by atoms with Crippen LogP contribution in [0.3, 0.4) is 0 Å². The fourth-order valence-electron chi connectivity index (χ4n) is 11.9. The summed E-state index contributed by atoms with van der Waals surface area (Å²) in [6.07, 6.45) is -2.84. The molecule has 1 fully saturated rings. The summed E-state index contributed by atoms with van der Waals surface area (Å²) in [7, 11) is 0. The molecule has 0 bridgehead atoms. The number of aliphatic hydroxyl groups is 3. The zero-order valence-electron chi connectivity index (χ0n) is 59.2. The number of rotatable bonds is 22. The number of carboxylic acid groups (broad SMARTS) is 1. The summed E-state index contributed by atoms with van der Waals surface area (Å²) >= 11 is 0. The molecule has 12 amide bonds. The van der Waals surface area contributed by atoms with Crippen LogP contribution in [0, 0.1) is 0 Å². The molecular weight excluding hydrogens is 1370 g/mol. The van der Waals surface area contributed by atoms with Gasteiger partial charge in [0.2, 0.25) is 70.9 Å². The number of aromatic nitrogens is 1. The van der Waals surface area contributed by atoms with Crippen molar-refractivity contribution in [3.63, 3.8) is 0 Å². The van der Waals surface area contributed by atoms with Crippen molar-refractivity contribution in [3.8, 4) is 5.75 Å². The Hall–Kier alpha value is -10.9. The Morgan fingerprint density at radius 2 is 0.858 bits per heavy atom. The predicted molar refractivity (Wildman–Crippen MR) is 386 cm³/mol. The van der Waals surface area contributed by atoms with Crippen molar-refractivity contribution in [3.05, 3.63) is 138 Å². The Bertz CT molecular complexity index is 3790. The highest BCUT2D eigenvalue weighted by Crippen LogP contribution is 2.21. The molecule has 1 aliphatic heterocycles. The number of carboxylic acids is 1. The maximum Gasteiger partial charge on any atom is 0.326 e. The second kappa shape index (κ2) is 42.8. The van der Waals surface area contributed by atoms with E-state index in [1.165, 1.54) is 24.3 Å². The minimum absolute atomic E-state index is 0.00519. The zero-order chi connectivity index (χ0) is 77.4. The van der Waals surface area contributed by atoms with Gasteiger partial charge in [-0.1, -0.05) is 104 Å². The monoisotopic (exact) mass is 1470 g/mol. The largest absolute Gasteiger partial charge is 0.508 e. The highest BCUT2D eigenvalue weighted by molar-refractivity contribution is 6.00. The molecule has 1 unspecified atom stereocenters. The molecule has 0 radical (unpaired) electrons. The molecule has 1 aliphatic rings. The fourth-order valence-corrected chi connectivity index (χ4v) is 11.9. The maximum absolute atomic E-state index is 15.3. The number of para-hydroxylation sites is 1. The SMILES string of the molecule is C[C@@H](O)[C@@H]1NC(=O)[C@H](Cc2ccc(O)cc2)NC(=O)[C@H]([C@@H](C)O)NC(=O)[C@H](CCCCN)NC(=O)[C@H](Cc2c[nH]c3ccccc23)NC(=O)[C@H](Cc2ccccc2)NC(=O)[C@H](Cc2ccccc2)NC(=O)[C@H](CC(N)=O)NC(=O)[C@H](CCCCN)NC(=O)CCCCCC(C(=O)O)NC(=O)[C@H](CO)NC1=O. The Morgan fingerprint density at radius 1 is 0.453 bits per heavy atom. The van der Waals surface area contributed by atoms with E-state index in [0.29, 0.717) is 52.4 Å². The van der Waals surface area contributed by atoms with E-state index in [1.807, 2.05) is 0 Å². The van der Waals surface area contributed by atoms with Crippen molar-refractivity contribution in [1.82, 2.24) is 63.5 Å². The molecule has 23 N–H and O–H groups in total. The summed E-state index contributed by atoms with van der Waals surface area (Å²) < 4.78 is 0. The van der Waals surface area contributed by atoms with Gasteiger partial charge in [0.15, 0.2) is 0 Å². The second-order valence-corrected chi connectivity index (χ2v) is 26.2. The Morgan fingerprint density at radius 3 is 1.35 bits per heavy atom. The highest BCUT2D eigenvalue weighted by atomic mass is 16.4. The van der Waals surface area contributed by atoms with Crippen LogP contribution < -0.4 is 75.7 Å². The summed E-state index contributed by atoms with van der Waals surface area (Å²) in [6, 6.07) is 10.7. The molecule has 33 nitrogen and oxygen atoms in total. The summed E-state index contributed by atoms with van der Waals surface area (Å²) in [5.41, 5.74) is 19.8. The number of fused-ring (bicyclic) bond motifs is 1. The first-order valence-corrected chi connectivity index (χ1v) is 35.3. The van der Waals surface area contributed by atoms with Crippen LogP contribution in [0.1, 0.15) is 113 Å². The number of nitrogens with one attached hydrogen (secondary N) is 12. The summed E-state index contributed by atoms with van der Waals surface area (Å²) in [5, 5.41) is 81.2. The van der Waals surface area contributed by atoms with Gasteiger partial charge in [0.05, 0.1) is 25.2 Å². The predicted octanol–water partition coefficient (Wildman–Crippen LogP) is -2.59. The van der Waals surface area contributed by atoms with Crippen LogP contribution in [0.25, 0.3) is 10.9 Å². The maximum atomic E-state index is 15.3. The smallest absolute Gasteiger partial charge is 0.326 e. The topological polar surface area (TPSA) is 549 Å². The molecule has 33 heteroatoms. The van der Waals surface area contributed by atoms with Crippen LogP contribution in [0.15, 0.2) is 115 Å². The lowest BCUT2D eigenvalue weighted by atomic mass is 10.00. The van der Waals surface area contributed by atoms with Gasteiger partial charge in [0.1, 0.15) is 72.2 Å². The van der Waals surface area contributed by atoms with Gasteiger partial charge in [-0.3, -0.25) is 57.5 Å². The van der Waals surface area contributed by atoms with E-state index >= 15 is 14.4 Å². The number of aromatic hydroxyl groups is 1. The lowest BCUT2D eigenvalue weighted by molar-refractivity contribution is -0.143. The number of aliphatic hydroxyl groups excluding tert-OH is 3. The van der Waals surface area contributed by atoms with Crippen molar-refractivity contribution < 1.29 is 87.9 Å². The molecule has 0 aliphatic carbocycles. The summed E-state index contributed by atoms with van der Waals surface area (Å²) in [4.78, 5) is 188.